The summed E-state index contributed by atoms with van der Waals surface area (Å²) in [5.74, 6) is 0.0469. The smallest absolute Gasteiger partial charge is 0.224 e. The number of aromatic nitrogens is 3. The second-order valence-corrected chi connectivity index (χ2v) is 10.4. The fourth-order valence-electron chi connectivity index (χ4n) is 5.03. The van der Waals surface area contributed by atoms with Gasteiger partial charge in [-0.2, -0.15) is 0 Å². The van der Waals surface area contributed by atoms with Crippen LogP contribution >= 0.6 is 15.9 Å². The fraction of sp³-hybridized carbons (Fsp3) is 0.250. The third kappa shape index (κ3) is 4.66. The zero-order valence-electron chi connectivity index (χ0n) is 19.9. The molecule has 7 nitrogen and oxygen atoms in total. The topological polar surface area (TPSA) is 76.2 Å². The van der Waals surface area contributed by atoms with E-state index in [0.717, 1.165) is 68.4 Å². The lowest BCUT2D eigenvalue weighted by atomic mass is 10.1. The standard InChI is InChI=1S/C28H26BrN5O2/c1-18-12-20(29)7-8-25(18)34-17-22(31-32-34)16-33-11-10-21(15-33)30-28(35)14-19-6-9-27-24(13-19)23-4-2-3-5-26(23)36-27/h2-9,12-13,17,21H,10-11,14-16H2,1H3,(H,30,35). The summed E-state index contributed by atoms with van der Waals surface area (Å²) in [5, 5.41) is 14.0. The summed E-state index contributed by atoms with van der Waals surface area (Å²) < 4.78 is 8.77. The van der Waals surface area contributed by atoms with E-state index in [-0.39, 0.29) is 11.9 Å². The summed E-state index contributed by atoms with van der Waals surface area (Å²) in [5.41, 5.74) is 5.77. The van der Waals surface area contributed by atoms with Crippen molar-refractivity contribution < 1.29 is 9.21 Å². The van der Waals surface area contributed by atoms with Crippen LogP contribution in [0, 0.1) is 6.92 Å². The molecule has 2 aromatic heterocycles. The number of furan rings is 1. The molecule has 3 aromatic carbocycles. The molecule has 1 aliphatic heterocycles. The van der Waals surface area contributed by atoms with E-state index in [1.54, 1.807) is 0 Å². The van der Waals surface area contributed by atoms with Crippen LogP contribution < -0.4 is 5.32 Å². The Morgan fingerprint density at radius 2 is 1.97 bits per heavy atom. The van der Waals surface area contributed by atoms with E-state index < -0.39 is 0 Å². The van der Waals surface area contributed by atoms with Gasteiger partial charge in [0, 0.05) is 40.9 Å². The summed E-state index contributed by atoms with van der Waals surface area (Å²) in [4.78, 5) is 15.1. The number of likely N-dealkylation sites (tertiary alicyclic amines) is 1. The number of nitrogens with one attached hydrogen (secondary N) is 1. The average Bonchev–Trinajstić information content (AvgIpc) is 3.58. The molecule has 1 amide bonds. The Hall–Kier alpha value is -3.49. The molecule has 3 heterocycles. The molecule has 1 aliphatic rings. The van der Waals surface area contributed by atoms with Gasteiger partial charge in [-0.3, -0.25) is 9.69 Å². The van der Waals surface area contributed by atoms with Crippen LogP contribution in [-0.4, -0.2) is 44.9 Å². The molecule has 0 spiro atoms. The summed E-state index contributed by atoms with van der Waals surface area (Å²) in [6, 6.07) is 20.2. The van der Waals surface area contributed by atoms with Gasteiger partial charge in [-0.1, -0.05) is 45.4 Å². The molecular weight excluding hydrogens is 518 g/mol. The molecule has 1 fully saturated rings. The van der Waals surface area contributed by atoms with Crippen LogP contribution in [0.25, 0.3) is 27.6 Å². The van der Waals surface area contributed by atoms with Crippen molar-refractivity contribution in [3.8, 4) is 5.69 Å². The number of benzene rings is 3. The monoisotopic (exact) mass is 543 g/mol. The average molecular weight is 544 g/mol. The van der Waals surface area contributed by atoms with Crippen molar-refractivity contribution in [1.29, 1.82) is 0 Å². The number of para-hydroxylation sites is 1. The first-order chi connectivity index (χ1) is 17.5. The first-order valence-corrected chi connectivity index (χ1v) is 12.9. The fourth-order valence-corrected chi connectivity index (χ4v) is 5.51. The number of carbonyl (C=O) groups excluding carboxylic acids is 1. The van der Waals surface area contributed by atoms with Crippen LogP contribution in [0.15, 0.2) is 75.8 Å². The van der Waals surface area contributed by atoms with Crippen LogP contribution in [0.1, 0.15) is 23.2 Å². The normalized spacial score (nSPS) is 16.2. The molecule has 1 N–H and O–H groups in total. The first kappa shape index (κ1) is 22.9. The van der Waals surface area contributed by atoms with Crippen LogP contribution in [0.5, 0.6) is 0 Å². The Balaban J connectivity index is 1.05. The Morgan fingerprint density at radius 3 is 2.86 bits per heavy atom. The lowest BCUT2D eigenvalue weighted by Crippen LogP contribution is -2.37. The number of carbonyl (C=O) groups is 1. The van der Waals surface area contributed by atoms with Gasteiger partial charge in [-0.25, -0.2) is 4.68 Å². The van der Waals surface area contributed by atoms with Gasteiger partial charge < -0.3 is 9.73 Å². The van der Waals surface area contributed by atoms with Gasteiger partial charge in [0.05, 0.1) is 24.0 Å². The van der Waals surface area contributed by atoms with Gasteiger partial charge in [0.1, 0.15) is 11.2 Å². The molecular formula is C28H26BrN5O2. The van der Waals surface area contributed by atoms with Crippen molar-refractivity contribution in [2.75, 3.05) is 13.1 Å². The molecule has 182 valence electrons. The predicted molar refractivity (Wildman–Crippen MR) is 143 cm³/mol. The number of halogens is 1. The highest BCUT2D eigenvalue weighted by Crippen LogP contribution is 2.29. The lowest BCUT2D eigenvalue weighted by molar-refractivity contribution is -0.121. The maximum Gasteiger partial charge on any atom is 0.224 e. The minimum absolute atomic E-state index is 0.0469. The largest absolute Gasteiger partial charge is 0.456 e. The first-order valence-electron chi connectivity index (χ1n) is 12.1. The van der Waals surface area contributed by atoms with E-state index in [1.807, 2.05) is 53.3 Å². The number of hydrogen-bond donors (Lipinski definition) is 1. The summed E-state index contributed by atoms with van der Waals surface area (Å²) in [7, 11) is 0. The van der Waals surface area contributed by atoms with Gasteiger partial charge in [0.25, 0.3) is 0 Å². The number of hydrogen-bond acceptors (Lipinski definition) is 5. The summed E-state index contributed by atoms with van der Waals surface area (Å²) >= 11 is 3.50. The number of rotatable bonds is 6. The van der Waals surface area contributed by atoms with Crippen molar-refractivity contribution in [2.45, 2.75) is 32.4 Å². The second-order valence-electron chi connectivity index (χ2n) is 9.48. The zero-order chi connectivity index (χ0) is 24.6. The van der Waals surface area contributed by atoms with Crippen LogP contribution in [0.4, 0.5) is 0 Å². The minimum atomic E-state index is 0.0469. The molecule has 36 heavy (non-hydrogen) atoms. The van der Waals surface area contributed by atoms with E-state index >= 15 is 0 Å². The van der Waals surface area contributed by atoms with Gasteiger partial charge in [0.15, 0.2) is 0 Å². The second kappa shape index (κ2) is 9.52. The highest BCUT2D eigenvalue weighted by atomic mass is 79.9. The Morgan fingerprint density at radius 1 is 1.11 bits per heavy atom. The van der Waals surface area contributed by atoms with Crippen molar-refractivity contribution in [1.82, 2.24) is 25.2 Å². The molecule has 0 bridgehead atoms. The molecule has 1 saturated heterocycles. The molecule has 8 heteroatoms. The third-order valence-electron chi connectivity index (χ3n) is 6.78. The number of aryl methyl sites for hydroxylation is 1. The van der Waals surface area contributed by atoms with Crippen molar-refractivity contribution in [2.24, 2.45) is 0 Å². The quantitative estimate of drug-likeness (QED) is 0.319. The van der Waals surface area contributed by atoms with Crippen LogP contribution in [0.3, 0.4) is 0 Å². The lowest BCUT2D eigenvalue weighted by Gasteiger charge is -2.15. The Kier molecular flexibility index (Phi) is 6.07. The molecule has 0 aliphatic carbocycles. The summed E-state index contributed by atoms with van der Waals surface area (Å²) in [6.07, 6.45) is 3.27. The molecule has 0 saturated carbocycles. The minimum Gasteiger partial charge on any atom is -0.456 e. The Bertz CT molecular complexity index is 1570. The zero-order valence-corrected chi connectivity index (χ0v) is 21.5. The van der Waals surface area contributed by atoms with Crippen LogP contribution in [0.2, 0.25) is 0 Å². The molecule has 6 rings (SSSR count). The molecule has 5 aromatic rings. The van der Waals surface area contributed by atoms with Gasteiger partial charge in [-0.15, -0.1) is 5.10 Å². The van der Waals surface area contributed by atoms with Crippen molar-refractivity contribution >= 4 is 43.8 Å². The SMILES string of the molecule is Cc1cc(Br)ccc1-n1cc(CN2CCC(NC(=O)Cc3ccc4oc5ccccc5c4c3)C2)nn1. The van der Waals surface area contributed by atoms with E-state index in [9.17, 15) is 4.79 Å². The number of fused-ring (bicyclic) bond motifs is 3. The maximum atomic E-state index is 12.8. The third-order valence-corrected chi connectivity index (χ3v) is 7.27. The summed E-state index contributed by atoms with van der Waals surface area (Å²) in [6.45, 7) is 4.50. The van der Waals surface area contributed by atoms with Gasteiger partial charge in [0.2, 0.25) is 5.91 Å². The van der Waals surface area contributed by atoms with E-state index in [0.29, 0.717) is 13.0 Å². The predicted octanol–water partition coefficient (Wildman–Crippen LogP) is 5.17. The number of amides is 1. The van der Waals surface area contributed by atoms with Gasteiger partial charge in [-0.05, 0) is 60.9 Å². The highest BCUT2D eigenvalue weighted by Gasteiger charge is 2.25. The van der Waals surface area contributed by atoms with E-state index in [4.69, 9.17) is 4.42 Å². The molecule has 0 radical (unpaired) electrons. The number of nitrogens with zero attached hydrogens (tertiary/aromatic N) is 4. The van der Waals surface area contributed by atoms with Crippen molar-refractivity contribution in [3.05, 3.63) is 88.2 Å². The van der Waals surface area contributed by atoms with Gasteiger partial charge >= 0.3 is 0 Å². The highest BCUT2D eigenvalue weighted by molar-refractivity contribution is 9.10. The molecule has 1 atom stereocenters. The van der Waals surface area contributed by atoms with Crippen LogP contribution in [-0.2, 0) is 17.8 Å². The molecule has 1 unspecified atom stereocenters. The Labute approximate surface area is 217 Å². The maximum absolute atomic E-state index is 12.8. The van der Waals surface area contributed by atoms with E-state index in [2.05, 4.69) is 61.6 Å². The van der Waals surface area contributed by atoms with E-state index in [1.165, 1.54) is 0 Å². The van der Waals surface area contributed by atoms with Crippen molar-refractivity contribution in [3.63, 3.8) is 0 Å².